The van der Waals surface area contributed by atoms with Crippen LogP contribution >= 0.6 is 11.8 Å². The fraction of sp³-hybridized carbons (Fsp3) is 0.556. The Morgan fingerprint density at radius 1 is 1.50 bits per heavy atom. The van der Waals surface area contributed by atoms with Gasteiger partial charge in [0.1, 0.15) is 0 Å². The van der Waals surface area contributed by atoms with E-state index in [0.29, 0.717) is 5.95 Å². The summed E-state index contributed by atoms with van der Waals surface area (Å²) in [5.74, 6) is 2.23. The molecule has 0 aromatic carbocycles. The summed E-state index contributed by atoms with van der Waals surface area (Å²) in [5, 5.41) is 3.10. The van der Waals surface area contributed by atoms with Crippen LogP contribution in [0.4, 0.5) is 5.95 Å². The first-order valence-electron chi connectivity index (χ1n) is 4.63. The second kappa shape index (κ2) is 3.65. The number of aromatic nitrogens is 2. The maximum atomic E-state index is 11.6. The third-order valence-electron chi connectivity index (χ3n) is 2.01. The molecule has 2 N–H and O–H groups in total. The molecule has 4 nitrogen and oxygen atoms in total. The van der Waals surface area contributed by atoms with Crippen LogP contribution < -0.4 is 10.9 Å². The SMILES string of the molecule is CC(C)Nc1nc2c(c(=O)[nH]1)CSC2. The van der Waals surface area contributed by atoms with Gasteiger partial charge in [-0.15, -0.1) is 0 Å². The van der Waals surface area contributed by atoms with Gasteiger partial charge in [0.25, 0.3) is 5.56 Å². The van der Waals surface area contributed by atoms with Gasteiger partial charge in [0.2, 0.25) is 5.95 Å². The number of hydrogen-bond acceptors (Lipinski definition) is 4. The van der Waals surface area contributed by atoms with E-state index in [2.05, 4.69) is 15.3 Å². The molecule has 5 heteroatoms. The molecule has 0 aliphatic carbocycles. The van der Waals surface area contributed by atoms with E-state index >= 15 is 0 Å². The first-order chi connectivity index (χ1) is 6.66. The molecular formula is C9H13N3OS. The number of rotatable bonds is 2. The molecule has 0 radical (unpaired) electrons. The fourth-order valence-corrected chi connectivity index (χ4v) is 2.44. The molecule has 0 spiro atoms. The van der Waals surface area contributed by atoms with Crippen molar-refractivity contribution >= 4 is 17.7 Å². The third-order valence-corrected chi connectivity index (χ3v) is 2.98. The van der Waals surface area contributed by atoms with E-state index in [1.807, 2.05) is 13.8 Å². The lowest BCUT2D eigenvalue weighted by Crippen LogP contribution is -2.20. The average Bonchev–Trinajstić information content (AvgIpc) is 2.50. The molecule has 2 rings (SSSR count). The second-order valence-electron chi connectivity index (χ2n) is 3.63. The summed E-state index contributed by atoms with van der Waals surface area (Å²) in [4.78, 5) is 18.7. The molecule has 0 saturated carbocycles. The topological polar surface area (TPSA) is 57.8 Å². The Morgan fingerprint density at radius 3 is 3.00 bits per heavy atom. The number of aromatic amines is 1. The van der Waals surface area contributed by atoms with Crippen molar-refractivity contribution in [2.24, 2.45) is 0 Å². The first kappa shape index (κ1) is 9.58. The number of nitrogens with zero attached hydrogens (tertiary/aromatic N) is 1. The molecule has 76 valence electrons. The molecule has 1 aliphatic rings. The lowest BCUT2D eigenvalue weighted by molar-refractivity contribution is 0.863. The number of thioether (sulfide) groups is 1. The minimum absolute atomic E-state index is 0.00292. The predicted octanol–water partition coefficient (Wildman–Crippen LogP) is 1.34. The van der Waals surface area contributed by atoms with Gasteiger partial charge in [-0.25, -0.2) is 4.98 Å². The highest BCUT2D eigenvalue weighted by Gasteiger charge is 2.17. The van der Waals surface area contributed by atoms with Crippen LogP contribution in [0.15, 0.2) is 4.79 Å². The van der Waals surface area contributed by atoms with Crippen molar-refractivity contribution in [1.29, 1.82) is 0 Å². The molecule has 0 unspecified atom stereocenters. The van der Waals surface area contributed by atoms with Crippen LogP contribution in [-0.2, 0) is 11.5 Å². The lowest BCUT2D eigenvalue weighted by atomic mass is 10.3. The second-order valence-corrected chi connectivity index (χ2v) is 4.62. The third kappa shape index (κ3) is 1.77. The van der Waals surface area contributed by atoms with Gasteiger partial charge in [0, 0.05) is 23.1 Å². The average molecular weight is 211 g/mol. The van der Waals surface area contributed by atoms with Gasteiger partial charge < -0.3 is 5.32 Å². The number of H-pyrrole nitrogens is 1. The molecule has 14 heavy (non-hydrogen) atoms. The van der Waals surface area contributed by atoms with Crippen LogP contribution in [0.1, 0.15) is 25.1 Å². The summed E-state index contributed by atoms with van der Waals surface area (Å²) in [6.45, 7) is 4.03. The number of anilines is 1. The van der Waals surface area contributed by atoms with E-state index in [1.165, 1.54) is 0 Å². The molecule has 1 aromatic heterocycles. The first-order valence-corrected chi connectivity index (χ1v) is 5.78. The summed E-state index contributed by atoms with van der Waals surface area (Å²) < 4.78 is 0. The zero-order valence-electron chi connectivity index (χ0n) is 8.26. The van der Waals surface area contributed by atoms with Gasteiger partial charge in [-0.05, 0) is 13.8 Å². The van der Waals surface area contributed by atoms with Crippen LogP contribution in [0.25, 0.3) is 0 Å². The number of hydrogen-bond donors (Lipinski definition) is 2. The van der Waals surface area contributed by atoms with Gasteiger partial charge in [0.15, 0.2) is 0 Å². The molecule has 1 aromatic rings. The summed E-state index contributed by atoms with van der Waals surface area (Å²) in [6.07, 6.45) is 0. The van der Waals surface area contributed by atoms with Crippen LogP contribution in [0.3, 0.4) is 0 Å². The Hall–Kier alpha value is -0.970. The normalized spacial score (nSPS) is 14.5. The monoisotopic (exact) mass is 211 g/mol. The summed E-state index contributed by atoms with van der Waals surface area (Å²) in [6, 6.07) is 0.283. The Bertz CT molecular complexity index is 400. The molecule has 0 fully saturated rings. The predicted molar refractivity (Wildman–Crippen MR) is 58.6 cm³/mol. The Balaban J connectivity index is 2.37. The van der Waals surface area contributed by atoms with Crippen molar-refractivity contribution in [2.45, 2.75) is 31.4 Å². The van der Waals surface area contributed by atoms with Crippen molar-refractivity contribution in [3.63, 3.8) is 0 Å². The van der Waals surface area contributed by atoms with E-state index in [9.17, 15) is 4.79 Å². The lowest BCUT2D eigenvalue weighted by Gasteiger charge is -2.09. The van der Waals surface area contributed by atoms with Crippen molar-refractivity contribution in [3.05, 3.63) is 21.6 Å². The van der Waals surface area contributed by atoms with Crippen molar-refractivity contribution in [1.82, 2.24) is 9.97 Å². The van der Waals surface area contributed by atoms with E-state index < -0.39 is 0 Å². The Labute approximate surface area is 86.5 Å². The smallest absolute Gasteiger partial charge is 0.256 e. The standard InChI is InChI=1S/C9H13N3OS/c1-5(2)10-9-11-7-4-14-3-6(7)8(13)12-9/h5H,3-4H2,1-2H3,(H2,10,11,12,13). The van der Waals surface area contributed by atoms with Crippen molar-refractivity contribution < 1.29 is 0 Å². The van der Waals surface area contributed by atoms with Crippen LogP contribution in [0.5, 0.6) is 0 Å². The number of nitrogens with one attached hydrogen (secondary N) is 2. The van der Waals surface area contributed by atoms with Gasteiger partial charge in [-0.1, -0.05) is 0 Å². The van der Waals surface area contributed by atoms with Gasteiger partial charge in [-0.3, -0.25) is 9.78 Å². The molecule has 2 heterocycles. The van der Waals surface area contributed by atoms with Gasteiger partial charge in [0.05, 0.1) is 5.69 Å². The summed E-state index contributed by atoms with van der Waals surface area (Å²) in [7, 11) is 0. The van der Waals surface area contributed by atoms with E-state index in [0.717, 1.165) is 22.8 Å². The highest BCUT2D eigenvalue weighted by molar-refractivity contribution is 7.98. The van der Waals surface area contributed by atoms with Crippen molar-refractivity contribution in [3.8, 4) is 0 Å². The van der Waals surface area contributed by atoms with Gasteiger partial charge in [-0.2, -0.15) is 11.8 Å². The van der Waals surface area contributed by atoms with Crippen molar-refractivity contribution in [2.75, 3.05) is 5.32 Å². The molecule has 0 bridgehead atoms. The van der Waals surface area contributed by atoms with E-state index in [-0.39, 0.29) is 11.6 Å². The maximum absolute atomic E-state index is 11.6. The summed E-state index contributed by atoms with van der Waals surface area (Å²) >= 11 is 1.73. The molecular weight excluding hydrogens is 198 g/mol. The van der Waals surface area contributed by atoms with Crippen LogP contribution in [-0.4, -0.2) is 16.0 Å². The van der Waals surface area contributed by atoms with Crippen LogP contribution in [0.2, 0.25) is 0 Å². The molecule has 0 amide bonds. The van der Waals surface area contributed by atoms with Crippen LogP contribution in [0, 0.1) is 0 Å². The zero-order chi connectivity index (χ0) is 10.1. The molecule has 0 saturated heterocycles. The minimum Gasteiger partial charge on any atom is -0.354 e. The largest absolute Gasteiger partial charge is 0.354 e. The minimum atomic E-state index is 0.00292. The number of fused-ring (bicyclic) bond motifs is 1. The zero-order valence-corrected chi connectivity index (χ0v) is 9.07. The summed E-state index contributed by atoms with van der Waals surface area (Å²) in [5.41, 5.74) is 1.77. The fourth-order valence-electron chi connectivity index (χ4n) is 1.40. The van der Waals surface area contributed by atoms with E-state index in [4.69, 9.17) is 0 Å². The van der Waals surface area contributed by atoms with E-state index in [1.54, 1.807) is 11.8 Å². The molecule has 1 aliphatic heterocycles. The highest BCUT2D eigenvalue weighted by Crippen LogP contribution is 2.25. The highest BCUT2D eigenvalue weighted by atomic mass is 32.2. The van der Waals surface area contributed by atoms with Gasteiger partial charge >= 0.3 is 0 Å². The Kier molecular flexibility index (Phi) is 2.50. The molecule has 0 atom stereocenters. The maximum Gasteiger partial charge on any atom is 0.256 e. The quantitative estimate of drug-likeness (QED) is 0.775. The Morgan fingerprint density at radius 2 is 2.29 bits per heavy atom.